The standard InChI is InChI=1S/C33H35N7O11S/c1-18-28-27(19(2)41)31(42)38(28)29(32(43)50-13-20-3-7-22(8-4-20)39(45)46)30(18)52-25-11-24(15-49-16-26-34-17-35-36-26)37(12-25)33(44)51-14-21-5-9-23(10-6-21)40(47)48/h3-10,17-19,24-25,27-28,41H,11-16H2,1-2H3,(H,34,35,36)/t18-,19-,24+,25+,27-,28-/m1/s1. The van der Waals surface area contributed by atoms with Gasteiger partial charge in [-0.1, -0.05) is 6.92 Å². The number of thioether (sulfide) groups is 1. The molecule has 1 aromatic heterocycles. The molecule has 6 atom stereocenters. The molecule has 0 radical (unpaired) electrons. The molecular weight excluding hydrogens is 702 g/mol. The largest absolute Gasteiger partial charge is 0.456 e. The molecule has 3 aliphatic rings. The van der Waals surface area contributed by atoms with E-state index < -0.39 is 51.9 Å². The fourth-order valence-electron chi connectivity index (χ4n) is 6.65. The summed E-state index contributed by atoms with van der Waals surface area (Å²) in [5.41, 5.74) is 0.950. The zero-order chi connectivity index (χ0) is 37.1. The van der Waals surface area contributed by atoms with Gasteiger partial charge in [-0.15, -0.1) is 11.8 Å². The van der Waals surface area contributed by atoms with Gasteiger partial charge in [-0.3, -0.25) is 30.1 Å². The summed E-state index contributed by atoms with van der Waals surface area (Å²) in [4.78, 5) is 69.0. The Hall–Kier alpha value is -5.40. The van der Waals surface area contributed by atoms with E-state index in [4.69, 9.17) is 14.2 Å². The van der Waals surface area contributed by atoms with Crippen LogP contribution < -0.4 is 0 Å². The SMILES string of the molecule is C[C@@H](O)[C@H]1C(=O)N2C(C(=O)OCc3ccc([N+](=O)[O-])cc3)=C(S[C@H]3C[C@@H](COCc4ncn[nH]4)N(C(=O)OCc4ccc([N+](=O)[O-])cc4)C3)[C@H](C)[C@H]12. The number of nitrogens with zero attached hydrogens (tertiary/aromatic N) is 6. The predicted octanol–water partition coefficient (Wildman–Crippen LogP) is 3.46. The van der Waals surface area contributed by atoms with Crippen LogP contribution >= 0.6 is 11.8 Å². The number of benzene rings is 2. The van der Waals surface area contributed by atoms with Gasteiger partial charge >= 0.3 is 12.1 Å². The number of aliphatic hydroxyl groups excluding tert-OH is 1. The highest BCUT2D eigenvalue weighted by Gasteiger charge is 2.60. The second-order valence-electron chi connectivity index (χ2n) is 12.7. The molecule has 2 amide bonds. The van der Waals surface area contributed by atoms with E-state index in [0.717, 1.165) is 0 Å². The second kappa shape index (κ2) is 15.5. The third kappa shape index (κ3) is 7.60. The Morgan fingerprint density at radius 1 is 1.02 bits per heavy atom. The number of aromatic nitrogens is 3. The summed E-state index contributed by atoms with van der Waals surface area (Å²) >= 11 is 1.36. The monoisotopic (exact) mass is 737 g/mol. The van der Waals surface area contributed by atoms with Gasteiger partial charge in [0.25, 0.3) is 11.4 Å². The van der Waals surface area contributed by atoms with Crippen LogP contribution in [-0.4, -0.2) is 94.5 Å². The highest BCUT2D eigenvalue weighted by Crippen LogP contribution is 2.52. The van der Waals surface area contributed by atoms with Gasteiger partial charge in [0.05, 0.1) is 40.6 Å². The summed E-state index contributed by atoms with van der Waals surface area (Å²) in [6, 6.07) is 10.3. The third-order valence-corrected chi connectivity index (χ3v) is 10.7. The molecule has 3 aliphatic heterocycles. The minimum atomic E-state index is -0.948. The number of aliphatic hydroxyl groups is 1. The van der Waals surface area contributed by atoms with Gasteiger partial charge in [0.15, 0.2) is 0 Å². The van der Waals surface area contributed by atoms with E-state index in [-0.39, 0.29) is 61.2 Å². The molecule has 19 heteroatoms. The minimum Gasteiger partial charge on any atom is -0.456 e. The van der Waals surface area contributed by atoms with Crippen molar-refractivity contribution >= 4 is 41.1 Å². The molecule has 0 spiro atoms. The van der Waals surface area contributed by atoms with Gasteiger partial charge in [0, 0.05) is 46.9 Å². The van der Waals surface area contributed by atoms with Gasteiger partial charge in [-0.05, 0) is 48.7 Å². The van der Waals surface area contributed by atoms with Crippen molar-refractivity contribution in [2.75, 3.05) is 13.2 Å². The lowest BCUT2D eigenvalue weighted by atomic mass is 9.79. The molecule has 2 aromatic carbocycles. The Morgan fingerprint density at radius 3 is 2.19 bits per heavy atom. The Balaban J connectivity index is 1.19. The molecule has 6 rings (SSSR count). The van der Waals surface area contributed by atoms with Crippen molar-refractivity contribution in [2.24, 2.45) is 11.8 Å². The number of carbonyl (C=O) groups excluding carboxylic acids is 3. The smallest absolute Gasteiger partial charge is 0.410 e. The summed E-state index contributed by atoms with van der Waals surface area (Å²) < 4.78 is 17.1. The maximum absolute atomic E-state index is 13.7. The highest BCUT2D eigenvalue weighted by atomic mass is 32.2. The van der Waals surface area contributed by atoms with Crippen LogP contribution in [-0.2, 0) is 43.6 Å². The van der Waals surface area contributed by atoms with Gasteiger partial charge in [-0.25, -0.2) is 14.6 Å². The Kier molecular flexibility index (Phi) is 10.8. The third-order valence-electron chi connectivity index (χ3n) is 9.25. The second-order valence-corrected chi connectivity index (χ2v) is 14.0. The van der Waals surface area contributed by atoms with Crippen LogP contribution in [0.2, 0.25) is 0 Å². The van der Waals surface area contributed by atoms with Crippen molar-refractivity contribution in [2.45, 2.75) is 63.5 Å². The van der Waals surface area contributed by atoms with E-state index in [1.807, 2.05) is 6.92 Å². The lowest BCUT2D eigenvalue weighted by molar-refractivity contribution is -0.385. The number of non-ortho nitro benzene ring substituents is 2. The Morgan fingerprint density at radius 2 is 1.63 bits per heavy atom. The lowest BCUT2D eigenvalue weighted by Gasteiger charge is -2.46. The quantitative estimate of drug-likeness (QED) is 0.104. The summed E-state index contributed by atoms with van der Waals surface area (Å²) in [6.07, 6.45) is 0.215. The van der Waals surface area contributed by atoms with E-state index in [1.165, 1.54) is 83.3 Å². The van der Waals surface area contributed by atoms with E-state index in [0.29, 0.717) is 28.3 Å². The summed E-state index contributed by atoms with van der Waals surface area (Å²) in [6.45, 7) is 3.55. The molecular formula is C33H35N7O11S. The predicted molar refractivity (Wildman–Crippen MR) is 181 cm³/mol. The molecule has 274 valence electrons. The Bertz CT molecular complexity index is 1850. The fraction of sp³-hybridized carbons (Fsp3) is 0.424. The maximum atomic E-state index is 13.7. The van der Waals surface area contributed by atoms with Crippen LogP contribution in [0.15, 0.2) is 65.5 Å². The van der Waals surface area contributed by atoms with Crippen molar-refractivity contribution in [1.29, 1.82) is 0 Å². The van der Waals surface area contributed by atoms with Crippen molar-refractivity contribution in [3.8, 4) is 0 Å². The number of hydrogen-bond acceptors (Lipinski definition) is 14. The molecule has 0 unspecified atom stereocenters. The number of likely N-dealkylation sites (tertiary alicyclic amines) is 1. The van der Waals surface area contributed by atoms with Crippen molar-refractivity contribution < 1.29 is 43.5 Å². The number of nitrogens with one attached hydrogen (secondary N) is 1. The van der Waals surface area contributed by atoms with Crippen LogP contribution in [0.3, 0.4) is 0 Å². The van der Waals surface area contributed by atoms with Crippen LogP contribution in [0.25, 0.3) is 0 Å². The number of esters is 1. The van der Waals surface area contributed by atoms with Gasteiger partial charge < -0.3 is 29.1 Å². The minimum absolute atomic E-state index is 0.0728. The lowest BCUT2D eigenvalue weighted by Crippen LogP contribution is -2.63. The van der Waals surface area contributed by atoms with Crippen molar-refractivity contribution in [3.05, 3.63) is 103 Å². The average Bonchev–Trinajstić information content (AvgIpc) is 3.84. The van der Waals surface area contributed by atoms with E-state index in [9.17, 15) is 39.7 Å². The Labute approximate surface area is 300 Å². The zero-order valence-electron chi connectivity index (χ0n) is 28.0. The van der Waals surface area contributed by atoms with E-state index in [2.05, 4.69) is 15.2 Å². The van der Waals surface area contributed by atoms with Crippen LogP contribution in [0.5, 0.6) is 0 Å². The number of ether oxygens (including phenoxy) is 3. The molecule has 0 aliphatic carbocycles. The molecule has 2 N–H and O–H groups in total. The molecule has 0 bridgehead atoms. The van der Waals surface area contributed by atoms with E-state index in [1.54, 1.807) is 0 Å². The first-order chi connectivity index (χ1) is 24.9. The highest BCUT2D eigenvalue weighted by molar-refractivity contribution is 8.03. The number of rotatable bonds is 14. The van der Waals surface area contributed by atoms with Crippen LogP contribution in [0, 0.1) is 32.1 Å². The number of β-lactam (4-membered cyclic amide) rings is 1. The normalized spacial score (nSPS) is 22.9. The molecule has 3 aromatic rings. The van der Waals surface area contributed by atoms with Gasteiger partial charge in [0.1, 0.15) is 37.7 Å². The number of aromatic amines is 1. The van der Waals surface area contributed by atoms with Gasteiger partial charge in [0.2, 0.25) is 5.91 Å². The van der Waals surface area contributed by atoms with Crippen LogP contribution in [0.1, 0.15) is 37.2 Å². The molecule has 2 fully saturated rings. The topological polar surface area (TPSA) is 233 Å². The number of fused-ring (bicyclic) bond motifs is 1. The number of hydrogen-bond donors (Lipinski definition) is 2. The first-order valence-electron chi connectivity index (χ1n) is 16.3. The molecule has 18 nitrogen and oxygen atoms in total. The first-order valence-corrected chi connectivity index (χ1v) is 17.2. The molecule has 4 heterocycles. The van der Waals surface area contributed by atoms with Crippen molar-refractivity contribution in [3.63, 3.8) is 0 Å². The van der Waals surface area contributed by atoms with E-state index >= 15 is 0 Å². The number of carbonyl (C=O) groups is 3. The van der Waals surface area contributed by atoms with Crippen LogP contribution in [0.4, 0.5) is 16.2 Å². The molecule has 0 saturated carbocycles. The zero-order valence-corrected chi connectivity index (χ0v) is 28.8. The summed E-state index contributed by atoms with van der Waals surface area (Å²) in [5, 5.41) is 38.7. The van der Waals surface area contributed by atoms with Gasteiger partial charge in [-0.2, -0.15) is 5.10 Å². The number of H-pyrrole nitrogens is 1. The molecule has 52 heavy (non-hydrogen) atoms. The average molecular weight is 738 g/mol. The fourth-order valence-corrected chi connectivity index (χ4v) is 8.21. The number of nitro groups is 2. The number of nitro benzene ring substituents is 2. The summed E-state index contributed by atoms with van der Waals surface area (Å²) in [5.74, 6) is -1.70. The van der Waals surface area contributed by atoms with Crippen molar-refractivity contribution in [1.82, 2.24) is 25.0 Å². The summed E-state index contributed by atoms with van der Waals surface area (Å²) in [7, 11) is 0. The first kappa shape index (κ1) is 36.4. The number of amides is 2. The maximum Gasteiger partial charge on any atom is 0.410 e. The molecule has 2 saturated heterocycles.